The van der Waals surface area contributed by atoms with E-state index in [9.17, 15) is 0 Å². The molecule has 26 heavy (non-hydrogen) atoms. The predicted molar refractivity (Wildman–Crippen MR) is 106 cm³/mol. The summed E-state index contributed by atoms with van der Waals surface area (Å²) in [5, 5.41) is 11.6. The minimum atomic E-state index is 0.620. The van der Waals surface area contributed by atoms with Gasteiger partial charge in [-0.15, -0.1) is 11.3 Å². The molecule has 0 aliphatic carbocycles. The van der Waals surface area contributed by atoms with E-state index in [-0.39, 0.29) is 0 Å². The summed E-state index contributed by atoms with van der Waals surface area (Å²) in [5.41, 5.74) is 6.37. The van der Waals surface area contributed by atoms with Crippen molar-refractivity contribution in [1.29, 1.82) is 0 Å². The molecule has 128 valence electrons. The van der Waals surface area contributed by atoms with Gasteiger partial charge < -0.3 is 4.52 Å². The fraction of sp³-hybridized carbons (Fsp3) is 0. The summed E-state index contributed by atoms with van der Waals surface area (Å²) in [6, 6.07) is 19.2. The molecule has 2 heterocycles. The van der Waals surface area contributed by atoms with Crippen LogP contribution in [0.5, 0.6) is 0 Å². The van der Waals surface area contributed by atoms with Gasteiger partial charge >= 0.3 is 0 Å². The van der Waals surface area contributed by atoms with Crippen LogP contribution in [-0.4, -0.2) is 16.4 Å². The summed E-state index contributed by atoms with van der Waals surface area (Å²) in [5.74, 6) is 0.620. The Morgan fingerprint density at radius 3 is 2.65 bits per heavy atom. The molecule has 5 nitrogen and oxygen atoms in total. The van der Waals surface area contributed by atoms with Crippen molar-refractivity contribution < 1.29 is 4.52 Å². The Bertz CT molecular complexity index is 1030. The molecule has 0 atom stereocenters. The summed E-state index contributed by atoms with van der Waals surface area (Å²) in [6.07, 6.45) is 1.71. The molecule has 0 aliphatic rings. The van der Waals surface area contributed by atoms with Gasteiger partial charge in [0.05, 0.1) is 6.21 Å². The van der Waals surface area contributed by atoms with Crippen molar-refractivity contribution in [3.63, 3.8) is 0 Å². The smallest absolute Gasteiger partial charge is 0.203 e. The Hall–Kier alpha value is -2.96. The standard InChI is InChI=1S/C19H13ClN4OS/c20-15-8-6-13(7-9-15)11-21-23-19-22-17(12-26-19)18-10-16(24-25-18)14-4-2-1-3-5-14/h1-12H,(H,22,23). The lowest BCUT2D eigenvalue weighted by Gasteiger charge is -1.94. The predicted octanol–water partition coefficient (Wildman–Crippen LogP) is 5.56. The number of benzene rings is 2. The third kappa shape index (κ3) is 3.82. The third-order valence-corrected chi connectivity index (χ3v) is 4.58. The van der Waals surface area contributed by atoms with Crippen molar-refractivity contribution >= 4 is 34.3 Å². The van der Waals surface area contributed by atoms with Crippen LogP contribution >= 0.6 is 22.9 Å². The summed E-state index contributed by atoms with van der Waals surface area (Å²) >= 11 is 7.30. The number of nitrogens with zero attached hydrogens (tertiary/aromatic N) is 3. The molecule has 4 aromatic rings. The maximum Gasteiger partial charge on any atom is 0.203 e. The van der Waals surface area contributed by atoms with E-state index < -0.39 is 0 Å². The zero-order chi connectivity index (χ0) is 17.8. The lowest BCUT2D eigenvalue weighted by molar-refractivity contribution is 0.434. The lowest BCUT2D eigenvalue weighted by atomic mass is 10.1. The largest absolute Gasteiger partial charge is 0.354 e. The molecular formula is C19H13ClN4OS. The number of thiazole rings is 1. The SMILES string of the molecule is Clc1ccc(C=NNc2nc(-c3cc(-c4ccccc4)no3)cs2)cc1. The van der Waals surface area contributed by atoms with Crippen LogP contribution in [0.4, 0.5) is 5.13 Å². The fourth-order valence-electron chi connectivity index (χ4n) is 2.29. The number of halogens is 1. The second-order valence-corrected chi connectivity index (χ2v) is 6.70. The highest BCUT2D eigenvalue weighted by Crippen LogP contribution is 2.28. The van der Waals surface area contributed by atoms with E-state index in [0.29, 0.717) is 21.6 Å². The molecule has 1 N–H and O–H groups in total. The molecule has 0 unspecified atom stereocenters. The van der Waals surface area contributed by atoms with Crippen molar-refractivity contribution in [3.8, 4) is 22.7 Å². The molecular weight excluding hydrogens is 368 g/mol. The van der Waals surface area contributed by atoms with E-state index in [1.807, 2.05) is 66.0 Å². The van der Waals surface area contributed by atoms with E-state index in [2.05, 4.69) is 20.7 Å². The molecule has 7 heteroatoms. The fourth-order valence-corrected chi connectivity index (χ4v) is 3.06. The van der Waals surface area contributed by atoms with Gasteiger partial charge in [0.2, 0.25) is 5.13 Å². The molecule has 4 rings (SSSR count). The van der Waals surface area contributed by atoms with Crippen LogP contribution in [0.2, 0.25) is 5.02 Å². The van der Waals surface area contributed by atoms with Gasteiger partial charge in [-0.1, -0.05) is 59.2 Å². The molecule has 0 bridgehead atoms. The van der Waals surface area contributed by atoms with Crippen LogP contribution in [0.3, 0.4) is 0 Å². The normalized spacial score (nSPS) is 11.1. The number of rotatable bonds is 5. The zero-order valence-corrected chi connectivity index (χ0v) is 15.0. The van der Waals surface area contributed by atoms with Gasteiger partial charge in [-0.25, -0.2) is 4.98 Å². The average molecular weight is 381 g/mol. The highest BCUT2D eigenvalue weighted by Gasteiger charge is 2.11. The first kappa shape index (κ1) is 16.5. The number of anilines is 1. The van der Waals surface area contributed by atoms with Crippen LogP contribution in [0.1, 0.15) is 5.56 Å². The number of hydrogen-bond acceptors (Lipinski definition) is 6. The molecule has 0 fully saturated rings. The van der Waals surface area contributed by atoms with Crippen LogP contribution < -0.4 is 5.43 Å². The number of aromatic nitrogens is 2. The van der Waals surface area contributed by atoms with Gasteiger partial charge in [0, 0.05) is 22.0 Å². The van der Waals surface area contributed by atoms with Crippen LogP contribution in [0.25, 0.3) is 22.7 Å². The highest BCUT2D eigenvalue weighted by molar-refractivity contribution is 7.14. The van der Waals surface area contributed by atoms with Gasteiger partial charge in [-0.2, -0.15) is 5.10 Å². The second kappa shape index (κ2) is 7.51. The first-order chi connectivity index (χ1) is 12.8. The van der Waals surface area contributed by atoms with Crippen LogP contribution in [0.15, 0.2) is 75.7 Å². The zero-order valence-electron chi connectivity index (χ0n) is 13.5. The van der Waals surface area contributed by atoms with Gasteiger partial charge in [0.15, 0.2) is 5.76 Å². The summed E-state index contributed by atoms with van der Waals surface area (Å²) < 4.78 is 5.42. The van der Waals surface area contributed by atoms with Crippen LogP contribution in [0, 0.1) is 0 Å². The van der Waals surface area contributed by atoms with E-state index in [1.54, 1.807) is 6.21 Å². The van der Waals surface area contributed by atoms with Crippen molar-refractivity contribution in [2.24, 2.45) is 5.10 Å². The summed E-state index contributed by atoms with van der Waals surface area (Å²) in [7, 11) is 0. The Balaban J connectivity index is 1.45. The van der Waals surface area contributed by atoms with Crippen molar-refractivity contribution in [2.75, 3.05) is 5.43 Å². The third-order valence-electron chi connectivity index (χ3n) is 3.58. The summed E-state index contributed by atoms with van der Waals surface area (Å²) in [4.78, 5) is 4.47. The molecule has 0 amide bonds. The Kier molecular flexibility index (Phi) is 4.77. The Morgan fingerprint density at radius 1 is 1.04 bits per heavy atom. The van der Waals surface area contributed by atoms with Gasteiger partial charge in [0.25, 0.3) is 0 Å². The van der Waals surface area contributed by atoms with E-state index in [1.165, 1.54) is 11.3 Å². The first-order valence-electron chi connectivity index (χ1n) is 7.80. The van der Waals surface area contributed by atoms with E-state index in [4.69, 9.17) is 16.1 Å². The molecule has 0 spiro atoms. The van der Waals surface area contributed by atoms with Crippen molar-refractivity contribution in [3.05, 3.63) is 76.6 Å². The van der Waals surface area contributed by atoms with Crippen molar-refractivity contribution in [1.82, 2.24) is 10.1 Å². The molecule has 0 saturated heterocycles. The molecule has 2 aromatic carbocycles. The van der Waals surface area contributed by atoms with E-state index in [0.717, 1.165) is 16.8 Å². The summed E-state index contributed by atoms with van der Waals surface area (Å²) in [6.45, 7) is 0. The minimum absolute atomic E-state index is 0.620. The Morgan fingerprint density at radius 2 is 1.85 bits per heavy atom. The number of hydrogen-bond donors (Lipinski definition) is 1. The van der Waals surface area contributed by atoms with Gasteiger partial charge in [-0.3, -0.25) is 5.43 Å². The number of hydrazone groups is 1. The monoisotopic (exact) mass is 380 g/mol. The molecule has 0 radical (unpaired) electrons. The second-order valence-electron chi connectivity index (χ2n) is 5.40. The molecule has 2 aromatic heterocycles. The quantitative estimate of drug-likeness (QED) is 0.363. The molecule has 0 saturated carbocycles. The maximum absolute atomic E-state index is 5.86. The minimum Gasteiger partial charge on any atom is -0.354 e. The lowest BCUT2D eigenvalue weighted by Crippen LogP contribution is -1.89. The van der Waals surface area contributed by atoms with Crippen molar-refractivity contribution in [2.45, 2.75) is 0 Å². The number of nitrogens with one attached hydrogen (secondary N) is 1. The Labute approximate surface area is 159 Å². The highest BCUT2D eigenvalue weighted by atomic mass is 35.5. The maximum atomic E-state index is 5.86. The molecule has 0 aliphatic heterocycles. The van der Waals surface area contributed by atoms with Gasteiger partial charge in [-0.05, 0) is 17.7 Å². The topological polar surface area (TPSA) is 63.3 Å². The van der Waals surface area contributed by atoms with E-state index >= 15 is 0 Å². The van der Waals surface area contributed by atoms with Crippen LogP contribution in [-0.2, 0) is 0 Å². The van der Waals surface area contributed by atoms with Gasteiger partial charge in [0.1, 0.15) is 11.4 Å². The first-order valence-corrected chi connectivity index (χ1v) is 9.06. The average Bonchev–Trinajstić information content (AvgIpc) is 3.33.